The van der Waals surface area contributed by atoms with E-state index in [9.17, 15) is 10.2 Å². The molecule has 0 radical (unpaired) electrons. The maximum Gasteiger partial charge on any atom is 0.128 e. The third kappa shape index (κ3) is 8.86. The van der Waals surface area contributed by atoms with E-state index in [1.165, 1.54) is 0 Å². The highest BCUT2D eigenvalue weighted by Gasteiger charge is 2.15. The van der Waals surface area contributed by atoms with Gasteiger partial charge in [-0.05, 0) is 63.3 Å². The molecular weight excluding hydrogens is 612 g/mol. The van der Waals surface area contributed by atoms with Gasteiger partial charge in [-0.1, -0.05) is 31.9 Å². The van der Waals surface area contributed by atoms with Crippen LogP contribution in [0.4, 0.5) is 0 Å². The standard InChI is InChI=1S/C28H38Br2N6O2/c29-25-13-21-17-33-5-6-34-18-22-14-26(30)16-24(28(22)38)20-36-10-2-4-32-8-11-35(9-1-3-31-7-12-36)19-23(15-25)27(21)37/h13-18,31-32,37-38H,1-12,19-20H2. The minimum atomic E-state index is 0.278. The normalized spacial score (nSPS) is 22.4. The van der Waals surface area contributed by atoms with Crippen molar-refractivity contribution in [3.8, 4) is 11.5 Å². The summed E-state index contributed by atoms with van der Waals surface area (Å²) in [4.78, 5) is 13.8. The second-order valence-electron chi connectivity index (χ2n) is 9.84. The third-order valence-electron chi connectivity index (χ3n) is 6.84. The Bertz CT molecular complexity index is 1020. The molecule has 0 amide bonds. The van der Waals surface area contributed by atoms with Crippen molar-refractivity contribution >= 4 is 44.3 Å². The van der Waals surface area contributed by atoms with Crippen LogP contribution in [0.5, 0.6) is 11.5 Å². The largest absolute Gasteiger partial charge is 0.507 e. The molecule has 3 aliphatic heterocycles. The zero-order valence-electron chi connectivity index (χ0n) is 21.8. The van der Waals surface area contributed by atoms with Crippen LogP contribution >= 0.6 is 31.9 Å². The SMILES string of the molecule is Oc1c2cc(Br)cc1CN1CCCNCCN(CCCNCC1)Cc1cc(Br)cc(c1O)C=NCCN=C2. The van der Waals surface area contributed by atoms with Gasteiger partial charge in [0.2, 0.25) is 0 Å². The third-order valence-corrected chi connectivity index (χ3v) is 7.75. The van der Waals surface area contributed by atoms with Crippen molar-refractivity contribution in [2.75, 3.05) is 65.4 Å². The molecule has 1 saturated heterocycles. The van der Waals surface area contributed by atoms with Crippen molar-refractivity contribution < 1.29 is 10.2 Å². The fourth-order valence-corrected chi connectivity index (χ4v) is 5.88. The lowest BCUT2D eigenvalue weighted by atomic mass is 10.1. The van der Waals surface area contributed by atoms with Crippen LogP contribution in [0, 0.1) is 0 Å². The summed E-state index contributed by atoms with van der Waals surface area (Å²) in [5.74, 6) is 0.555. The van der Waals surface area contributed by atoms with Gasteiger partial charge in [-0.15, -0.1) is 0 Å². The summed E-state index contributed by atoms with van der Waals surface area (Å²) in [6.07, 6.45) is 5.49. The van der Waals surface area contributed by atoms with Gasteiger partial charge in [-0.2, -0.15) is 0 Å². The van der Waals surface area contributed by atoms with E-state index in [1.54, 1.807) is 12.4 Å². The molecule has 206 valence electrons. The summed E-state index contributed by atoms with van der Waals surface area (Å²) in [7, 11) is 0. The Labute approximate surface area is 242 Å². The molecule has 5 rings (SSSR count). The van der Waals surface area contributed by atoms with Crippen LogP contribution in [-0.2, 0) is 13.1 Å². The van der Waals surface area contributed by atoms with E-state index in [1.807, 2.05) is 24.3 Å². The molecule has 10 heteroatoms. The number of rotatable bonds is 0. The summed E-state index contributed by atoms with van der Waals surface area (Å²) in [5.41, 5.74) is 3.18. The van der Waals surface area contributed by atoms with Crippen molar-refractivity contribution in [3.63, 3.8) is 0 Å². The van der Waals surface area contributed by atoms with Crippen LogP contribution < -0.4 is 10.6 Å². The van der Waals surface area contributed by atoms with Crippen molar-refractivity contribution in [2.45, 2.75) is 25.9 Å². The van der Waals surface area contributed by atoms with Gasteiger partial charge in [0.15, 0.2) is 0 Å². The molecule has 8 nitrogen and oxygen atoms in total. The Morgan fingerprint density at radius 2 is 1.08 bits per heavy atom. The first-order valence-corrected chi connectivity index (χ1v) is 15.0. The van der Waals surface area contributed by atoms with Gasteiger partial charge in [0.05, 0.1) is 13.1 Å². The number of aromatic hydroxyl groups is 2. The van der Waals surface area contributed by atoms with E-state index >= 15 is 0 Å². The maximum absolute atomic E-state index is 11.0. The second-order valence-corrected chi connectivity index (χ2v) is 11.7. The van der Waals surface area contributed by atoms with Crippen LogP contribution in [0.3, 0.4) is 0 Å². The lowest BCUT2D eigenvalue weighted by Crippen LogP contribution is -2.38. The fourth-order valence-electron chi connectivity index (χ4n) is 4.84. The van der Waals surface area contributed by atoms with Crippen LogP contribution in [0.25, 0.3) is 0 Å². The Hall–Kier alpha value is -1.82. The quantitative estimate of drug-likeness (QED) is 0.347. The van der Waals surface area contributed by atoms with E-state index in [0.717, 1.165) is 85.3 Å². The zero-order valence-corrected chi connectivity index (χ0v) is 25.0. The molecule has 6 bridgehead atoms. The highest BCUT2D eigenvalue weighted by atomic mass is 79.9. The second kappa shape index (κ2) is 15.1. The Morgan fingerprint density at radius 3 is 1.53 bits per heavy atom. The Morgan fingerprint density at radius 1 is 0.632 bits per heavy atom. The van der Waals surface area contributed by atoms with Crippen LogP contribution in [0.1, 0.15) is 35.1 Å². The van der Waals surface area contributed by atoms with Crippen molar-refractivity contribution in [1.29, 1.82) is 0 Å². The minimum absolute atomic E-state index is 0.278. The minimum Gasteiger partial charge on any atom is -0.507 e. The first kappa shape index (κ1) is 29.2. The highest BCUT2D eigenvalue weighted by Crippen LogP contribution is 2.29. The first-order chi connectivity index (χ1) is 18.5. The lowest BCUT2D eigenvalue weighted by molar-refractivity contribution is 0.238. The molecule has 2 atom stereocenters. The fraction of sp³-hybridized carbons (Fsp3) is 0.500. The number of aliphatic imine (C=N–C) groups is 2. The van der Waals surface area contributed by atoms with Gasteiger partial charge < -0.3 is 20.8 Å². The van der Waals surface area contributed by atoms with E-state index in [2.05, 4.69) is 62.3 Å². The van der Waals surface area contributed by atoms with Crippen molar-refractivity contribution in [2.24, 2.45) is 9.98 Å². The average Bonchev–Trinajstić information content (AvgIpc) is 2.88. The number of benzene rings is 2. The molecule has 4 N–H and O–H groups in total. The molecule has 2 unspecified atom stereocenters. The molecule has 0 saturated carbocycles. The Kier molecular flexibility index (Phi) is 11.6. The van der Waals surface area contributed by atoms with Crippen molar-refractivity contribution in [1.82, 2.24) is 20.4 Å². The van der Waals surface area contributed by atoms with Gasteiger partial charge in [0.1, 0.15) is 11.5 Å². The van der Waals surface area contributed by atoms with E-state index in [4.69, 9.17) is 0 Å². The van der Waals surface area contributed by atoms with Crippen molar-refractivity contribution in [3.05, 3.63) is 55.5 Å². The predicted octanol–water partition coefficient (Wildman–Crippen LogP) is 3.75. The van der Waals surface area contributed by atoms with Crippen LogP contribution in [0.15, 0.2) is 43.2 Å². The average molecular weight is 650 g/mol. The van der Waals surface area contributed by atoms with Gasteiger partial charge in [0, 0.05) is 82.9 Å². The van der Waals surface area contributed by atoms with Gasteiger partial charge >= 0.3 is 0 Å². The molecule has 0 spiro atoms. The number of hydrogen-bond donors (Lipinski definition) is 4. The van der Waals surface area contributed by atoms with E-state index in [0.29, 0.717) is 37.3 Å². The topological polar surface area (TPSA) is 95.7 Å². The summed E-state index contributed by atoms with van der Waals surface area (Å²) in [6.45, 7) is 9.70. The number of phenolic OH excluding ortho intramolecular Hbond substituents is 2. The molecule has 1 fully saturated rings. The number of fused-ring (bicyclic) bond motifs is 13. The zero-order chi connectivity index (χ0) is 26.7. The molecule has 3 heterocycles. The number of nitrogens with one attached hydrogen (secondary N) is 2. The summed E-state index contributed by atoms with van der Waals surface area (Å²) in [5, 5.41) is 29.3. The molecule has 0 aromatic heterocycles. The van der Waals surface area contributed by atoms with Crippen LogP contribution in [-0.4, -0.2) is 97.9 Å². The molecule has 0 aliphatic carbocycles. The summed E-state index contributed by atoms with van der Waals surface area (Å²) in [6, 6.07) is 7.78. The van der Waals surface area contributed by atoms with Gasteiger partial charge in [-0.3, -0.25) is 19.8 Å². The van der Waals surface area contributed by atoms with E-state index < -0.39 is 0 Å². The monoisotopic (exact) mass is 648 g/mol. The highest BCUT2D eigenvalue weighted by molar-refractivity contribution is 9.10. The summed E-state index contributed by atoms with van der Waals surface area (Å²) < 4.78 is 1.85. The molecular formula is C28H38Br2N6O2. The lowest BCUT2D eigenvalue weighted by Gasteiger charge is -2.26. The molecule has 2 aromatic rings. The molecule has 3 aliphatic rings. The first-order valence-electron chi connectivity index (χ1n) is 13.4. The predicted molar refractivity (Wildman–Crippen MR) is 162 cm³/mol. The molecule has 38 heavy (non-hydrogen) atoms. The number of hydrogen-bond acceptors (Lipinski definition) is 8. The smallest absolute Gasteiger partial charge is 0.128 e. The molecule has 2 aromatic carbocycles. The Balaban J connectivity index is 1.64. The number of nitrogens with zero attached hydrogens (tertiary/aromatic N) is 4. The number of phenols is 2. The maximum atomic E-state index is 11.0. The number of halogens is 2. The van der Waals surface area contributed by atoms with Gasteiger partial charge in [-0.25, -0.2) is 0 Å². The van der Waals surface area contributed by atoms with Crippen LogP contribution in [0.2, 0.25) is 0 Å². The van der Waals surface area contributed by atoms with Gasteiger partial charge in [0.25, 0.3) is 0 Å². The summed E-state index contributed by atoms with van der Waals surface area (Å²) >= 11 is 7.22. The van der Waals surface area contributed by atoms with E-state index in [-0.39, 0.29) is 11.5 Å².